The van der Waals surface area contributed by atoms with E-state index in [0.717, 1.165) is 10.8 Å². The van der Waals surface area contributed by atoms with Gasteiger partial charge >= 0.3 is 0 Å². The number of nitrogens with one attached hydrogen (secondary N) is 1. The lowest BCUT2D eigenvalue weighted by atomic mass is 10.0. The lowest BCUT2D eigenvalue weighted by Gasteiger charge is -2.08. The van der Waals surface area contributed by atoms with Crippen molar-refractivity contribution in [3.63, 3.8) is 0 Å². The molecule has 0 aliphatic heterocycles. The van der Waals surface area contributed by atoms with Gasteiger partial charge in [-0.3, -0.25) is 9.59 Å². The zero-order valence-electron chi connectivity index (χ0n) is 8.44. The monoisotopic (exact) mass is 214 g/mol. The molecule has 2 rings (SSSR count). The van der Waals surface area contributed by atoms with Crippen LogP contribution >= 0.6 is 0 Å². The molecule has 2 amide bonds. The van der Waals surface area contributed by atoms with Crippen LogP contribution in [-0.4, -0.2) is 12.3 Å². The van der Waals surface area contributed by atoms with Gasteiger partial charge in [0.15, 0.2) is 0 Å². The molecule has 0 aliphatic rings. The SMILES string of the molecule is NC(=O)c1c(NC=O)ccc2ccccc12. The molecule has 2 aromatic rings. The number of hydrogen-bond acceptors (Lipinski definition) is 2. The smallest absolute Gasteiger partial charge is 0.251 e. The molecule has 0 bridgehead atoms. The average molecular weight is 214 g/mol. The fraction of sp³-hybridized carbons (Fsp3) is 0. The van der Waals surface area contributed by atoms with Crippen molar-refractivity contribution >= 4 is 28.8 Å². The van der Waals surface area contributed by atoms with Gasteiger partial charge in [-0.05, 0) is 16.8 Å². The highest BCUT2D eigenvalue weighted by Crippen LogP contribution is 2.25. The number of amides is 2. The summed E-state index contributed by atoms with van der Waals surface area (Å²) in [5.41, 5.74) is 6.09. The van der Waals surface area contributed by atoms with Gasteiger partial charge < -0.3 is 11.1 Å². The van der Waals surface area contributed by atoms with E-state index in [1.165, 1.54) is 0 Å². The average Bonchev–Trinajstić information content (AvgIpc) is 2.28. The quantitative estimate of drug-likeness (QED) is 0.760. The van der Waals surface area contributed by atoms with Crippen molar-refractivity contribution < 1.29 is 9.59 Å². The van der Waals surface area contributed by atoms with Gasteiger partial charge in [-0.15, -0.1) is 0 Å². The molecular formula is C12H10N2O2. The van der Waals surface area contributed by atoms with E-state index in [1.54, 1.807) is 12.1 Å². The molecular weight excluding hydrogens is 204 g/mol. The summed E-state index contributed by atoms with van der Waals surface area (Å²) in [6, 6.07) is 10.9. The van der Waals surface area contributed by atoms with E-state index in [4.69, 9.17) is 5.73 Å². The Bertz CT molecular complexity index is 564. The summed E-state index contributed by atoms with van der Waals surface area (Å²) in [5.74, 6) is -0.554. The van der Waals surface area contributed by atoms with Crippen LogP contribution in [0.1, 0.15) is 10.4 Å². The van der Waals surface area contributed by atoms with Gasteiger partial charge in [0.05, 0.1) is 11.3 Å². The molecule has 0 fully saturated rings. The maximum Gasteiger partial charge on any atom is 0.251 e. The van der Waals surface area contributed by atoms with Gasteiger partial charge in [-0.25, -0.2) is 0 Å². The number of nitrogens with two attached hydrogens (primary N) is 1. The van der Waals surface area contributed by atoms with Crippen LogP contribution in [-0.2, 0) is 4.79 Å². The molecule has 0 saturated heterocycles. The summed E-state index contributed by atoms with van der Waals surface area (Å²) in [6.45, 7) is 0. The molecule has 4 nitrogen and oxygen atoms in total. The fourth-order valence-corrected chi connectivity index (χ4v) is 1.72. The van der Waals surface area contributed by atoms with Crippen LogP contribution in [0, 0.1) is 0 Å². The number of fused-ring (bicyclic) bond motifs is 1. The molecule has 0 spiro atoms. The largest absolute Gasteiger partial charge is 0.366 e. The Hall–Kier alpha value is -2.36. The van der Waals surface area contributed by atoms with E-state index in [2.05, 4.69) is 5.32 Å². The van der Waals surface area contributed by atoms with E-state index in [-0.39, 0.29) is 0 Å². The van der Waals surface area contributed by atoms with Crippen LogP contribution in [0.25, 0.3) is 10.8 Å². The van der Waals surface area contributed by atoms with Crippen LogP contribution in [0.2, 0.25) is 0 Å². The molecule has 4 heteroatoms. The second-order valence-corrected chi connectivity index (χ2v) is 3.34. The molecule has 0 radical (unpaired) electrons. The lowest BCUT2D eigenvalue weighted by molar-refractivity contribution is -0.105. The minimum absolute atomic E-state index is 0.338. The molecule has 0 heterocycles. The molecule has 3 N–H and O–H groups in total. The first-order valence-corrected chi connectivity index (χ1v) is 4.76. The maximum atomic E-state index is 11.4. The minimum atomic E-state index is -0.554. The van der Waals surface area contributed by atoms with Crippen molar-refractivity contribution in [1.82, 2.24) is 0 Å². The molecule has 0 unspecified atom stereocenters. The number of carbonyl (C=O) groups is 2. The second kappa shape index (κ2) is 4.02. The van der Waals surface area contributed by atoms with Crippen molar-refractivity contribution in [1.29, 1.82) is 0 Å². The zero-order valence-corrected chi connectivity index (χ0v) is 8.44. The highest BCUT2D eigenvalue weighted by molar-refractivity contribution is 6.12. The normalized spacial score (nSPS) is 10.0. The molecule has 16 heavy (non-hydrogen) atoms. The van der Waals surface area contributed by atoms with Crippen LogP contribution in [0.3, 0.4) is 0 Å². The molecule has 2 aromatic carbocycles. The van der Waals surface area contributed by atoms with E-state index in [0.29, 0.717) is 17.7 Å². The topological polar surface area (TPSA) is 72.2 Å². The number of carbonyl (C=O) groups excluding carboxylic acids is 2. The van der Waals surface area contributed by atoms with E-state index in [9.17, 15) is 9.59 Å². The maximum absolute atomic E-state index is 11.4. The highest BCUT2D eigenvalue weighted by Gasteiger charge is 2.11. The van der Waals surface area contributed by atoms with Crippen molar-refractivity contribution in [2.24, 2.45) is 5.73 Å². The molecule has 80 valence electrons. The number of primary amides is 1. The number of rotatable bonds is 3. The van der Waals surface area contributed by atoms with E-state index < -0.39 is 5.91 Å². The summed E-state index contributed by atoms with van der Waals surface area (Å²) < 4.78 is 0. The fourth-order valence-electron chi connectivity index (χ4n) is 1.72. The number of hydrogen-bond donors (Lipinski definition) is 2. The third-order valence-electron chi connectivity index (χ3n) is 2.39. The molecule has 0 aromatic heterocycles. The van der Waals surface area contributed by atoms with Crippen LogP contribution in [0.4, 0.5) is 5.69 Å². The van der Waals surface area contributed by atoms with Crippen LogP contribution < -0.4 is 11.1 Å². The Morgan fingerprint density at radius 2 is 1.94 bits per heavy atom. The van der Waals surface area contributed by atoms with Gasteiger partial charge in [-0.2, -0.15) is 0 Å². The second-order valence-electron chi connectivity index (χ2n) is 3.34. The van der Waals surface area contributed by atoms with E-state index in [1.807, 2.05) is 24.3 Å². The Morgan fingerprint density at radius 1 is 1.19 bits per heavy atom. The van der Waals surface area contributed by atoms with Gasteiger partial charge in [0.1, 0.15) is 0 Å². The van der Waals surface area contributed by atoms with E-state index >= 15 is 0 Å². The van der Waals surface area contributed by atoms with Gasteiger partial charge in [0.2, 0.25) is 6.41 Å². The van der Waals surface area contributed by atoms with Crippen molar-refractivity contribution in [3.8, 4) is 0 Å². The van der Waals surface area contributed by atoms with Crippen molar-refractivity contribution in [2.75, 3.05) is 5.32 Å². The Kier molecular flexibility index (Phi) is 2.55. The first-order chi connectivity index (χ1) is 7.74. The van der Waals surface area contributed by atoms with Crippen molar-refractivity contribution in [3.05, 3.63) is 42.0 Å². The zero-order chi connectivity index (χ0) is 11.5. The predicted molar refractivity (Wildman–Crippen MR) is 62.2 cm³/mol. The molecule has 0 saturated carbocycles. The van der Waals surface area contributed by atoms with Gasteiger partial charge in [0, 0.05) is 0 Å². The highest BCUT2D eigenvalue weighted by atomic mass is 16.1. The van der Waals surface area contributed by atoms with Crippen LogP contribution in [0.15, 0.2) is 36.4 Å². The summed E-state index contributed by atoms with van der Waals surface area (Å²) in [7, 11) is 0. The molecule has 0 atom stereocenters. The Morgan fingerprint density at radius 3 is 2.62 bits per heavy atom. The summed E-state index contributed by atoms with van der Waals surface area (Å²) >= 11 is 0. The number of benzene rings is 2. The Labute approximate surface area is 92.1 Å². The summed E-state index contributed by atoms with van der Waals surface area (Å²) in [6.07, 6.45) is 0.524. The van der Waals surface area contributed by atoms with Crippen molar-refractivity contribution in [2.45, 2.75) is 0 Å². The van der Waals surface area contributed by atoms with Gasteiger partial charge in [0.25, 0.3) is 5.91 Å². The summed E-state index contributed by atoms with van der Waals surface area (Å²) in [5, 5.41) is 4.12. The first kappa shape index (κ1) is 10.2. The third kappa shape index (κ3) is 1.61. The summed E-state index contributed by atoms with van der Waals surface area (Å²) in [4.78, 5) is 21.8. The third-order valence-corrected chi connectivity index (χ3v) is 2.39. The standard InChI is InChI=1S/C12H10N2O2/c13-12(16)11-9-4-2-1-3-8(9)5-6-10(11)14-7-15/h1-7H,(H2,13,16)(H,14,15). The number of anilines is 1. The minimum Gasteiger partial charge on any atom is -0.366 e. The van der Waals surface area contributed by atoms with Crippen LogP contribution in [0.5, 0.6) is 0 Å². The first-order valence-electron chi connectivity index (χ1n) is 4.76. The molecule has 0 aliphatic carbocycles. The van der Waals surface area contributed by atoms with Gasteiger partial charge in [-0.1, -0.05) is 30.3 Å². The Balaban J connectivity index is 2.78. The predicted octanol–water partition coefficient (Wildman–Crippen LogP) is 1.51. The lowest BCUT2D eigenvalue weighted by Crippen LogP contribution is -2.14.